The summed E-state index contributed by atoms with van der Waals surface area (Å²) < 4.78 is 3.78. The van der Waals surface area contributed by atoms with Crippen LogP contribution in [0.3, 0.4) is 0 Å². The molecule has 21 heavy (non-hydrogen) atoms. The van der Waals surface area contributed by atoms with Gasteiger partial charge in [0.2, 0.25) is 0 Å². The molecule has 0 spiro atoms. The molecule has 2 heterocycles. The van der Waals surface area contributed by atoms with E-state index in [-0.39, 0.29) is 5.91 Å². The lowest BCUT2D eigenvalue weighted by atomic mass is 10.3. The quantitative estimate of drug-likeness (QED) is 0.786. The number of nitrogens with zero attached hydrogens (tertiary/aromatic N) is 3. The maximum atomic E-state index is 11.9. The van der Waals surface area contributed by atoms with Crippen molar-refractivity contribution in [2.45, 2.75) is 13.3 Å². The van der Waals surface area contributed by atoms with Crippen molar-refractivity contribution in [2.75, 3.05) is 18.4 Å². The highest BCUT2D eigenvalue weighted by Crippen LogP contribution is 2.22. The lowest BCUT2D eigenvalue weighted by Crippen LogP contribution is -2.29. The van der Waals surface area contributed by atoms with Crippen LogP contribution in [0, 0.1) is 0 Å². The molecule has 0 aliphatic rings. The van der Waals surface area contributed by atoms with E-state index in [2.05, 4.69) is 25.2 Å². The van der Waals surface area contributed by atoms with Crippen molar-refractivity contribution in [3.63, 3.8) is 0 Å². The Kier molecular flexibility index (Phi) is 5.72. The number of carbonyl (C=O) groups excluding carboxylic acids is 1. The SMILES string of the molecule is CCc1nnsc1C(=O)NCCNc1ncc(Cl)cc1Cl. The molecule has 6 nitrogen and oxygen atoms in total. The number of rotatable bonds is 6. The largest absolute Gasteiger partial charge is 0.367 e. The van der Waals surface area contributed by atoms with E-state index in [4.69, 9.17) is 23.2 Å². The molecule has 0 radical (unpaired) electrons. The van der Waals surface area contributed by atoms with Crippen molar-refractivity contribution in [3.05, 3.63) is 32.9 Å². The summed E-state index contributed by atoms with van der Waals surface area (Å²) >= 11 is 12.8. The van der Waals surface area contributed by atoms with Gasteiger partial charge in [0.05, 0.1) is 15.7 Å². The minimum Gasteiger partial charge on any atom is -0.367 e. The summed E-state index contributed by atoms with van der Waals surface area (Å²) in [6, 6.07) is 1.60. The summed E-state index contributed by atoms with van der Waals surface area (Å²) in [4.78, 5) is 16.6. The highest BCUT2D eigenvalue weighted by molar-refractivity contribution is 7.08. The Balaban J connectivity index is 1.81. The molecule has 0 saturated carbocycles. The minimum atomic E-state index is -0.168. The third-order valence-corrected chi connectivity index (χ3v) is 3.87. The van der Waals surface area contributed by atoms with E-state index in [0.29, 0.717) is 45.9 Å². The summed E-state index contributed by atoms with van der Waals surface area (Å²) in [7, 11) is 0. The number of aryl methyl sites for hydroxylation is 1. The number of nitrogens with one attached hydrogen (secondary N) is 2. The predicted molar refractivity (Wildman–Crippen MR) is 84.4 cm³/mol. The lowest BCUT2D eigenvalue weighted by molar-refractivity contribution is 0.0958. The van der Waals surface area contributed by atoms with Crippen molar-refractivity contribution in [3.8, 4) is 0 Å². The third-order valence-electron chi connectivity index (χ3n) is 2.61. The molecule has 0 atom stereocenters. The summed E-state index contributed by atoms with van der Waals surface area (Å²) in [5.74, 6) is 0.364. The monoisotopic (exact) mass is 345 g/mol. The summed E-state index contributed by atoms with van der Waals surface area (Å²) in [5, 5.41) is 10.6. The minimum absolute atomic E-state index is 0.168. The predicted octanol–water partition coefficient (Wildman–Crippen LogP) is 2.64. The molecular formula is C12H13Cl2N5OS. The fourth-order valence-electron chi connectivity index (χ4n) is 1.59. The van der Waals surface area contributed by atoms with Crippen LogP contribution in [0.25, 0.3) is 0 Å². The van der Waals surface area contributed by atoms with Gasteiger partial charge >= 0.3 is 0 Å². The van der Waals surface area contributed by atoms with Gasteiger partial charge in [0.15, 0.2) is 0 Å². The average Bonchev–Trinajstić information content (AvgIpc) is 2.93. The van der Waals surface area contributed by atoms with Crippen LogP contribution in [0.5, 0.6) is 0 Å². The van der Waals surface area contributed by atoms with Gasteiger partial charge < -0.3 is 10.6 Å². The summed E-state index contributed by atoms with van der Waals surface area (Å²) in [6.45, 7) is 2.86. The Hall–Kier alpha value is -1.44. The molecule has 0 unspecified atom stereocenters. The number of hydrogen-bond acceptors (Lipinski definition) is 6. The van der Waals surface area contributed by atoms with Crippen LogP contribution in [0.1, 0.15) is 22.3 Å². The van der Waals surface area contributed by atoms with E-state index in [9.17, 15) is 4.79 Å². The van der Waals surface area contributed by atoms with Gasteiger partial charge in [0, 0.05) is 19.3 Å². The fraction of sp³-hybridized carbons (Fsp3) is 0.333. The number of aromatic nitrogens is 3. The summed E-state index contributed by atoms with van der Waals surface area (Å²) in [5.41, 5.74) is 0.716. The molecule has 1 amide bonds. The van der Waals surface area contributed by atoms with Crippen molar-refractivity contribution in [1.29, 1.82) is 0 Å². The summed E-state index contributed by atoms with van der Waals surface area (Å²) in [6.07, 6.45) is 2.19. The van der Waals surface area contributed by atoms with Gasteiger partial charge in [-0.05, 0) is 24.0 Å². The van der Waals surface area contributed by atoms with E-state index < -0.39 is 0 Å². The van der Waals surface area contributed by atoms with Gasteiger partial charge in [-0.3, -0.25) is 4.79 Å². The Morgan fingerprint density at radius 3 is 2.90 bits per heavy atom. The molecule has 0 aliphatic heterocycles. The number of amides is 1. The highest BCUT2D eigenvalue weighted by atomic mass is 35.5. The Labute approximate surface area is 136 Å². The standard InChI is InChI=1S/C12H13Cl2N5OS/c1-2-9-10(21-19-18-9)12(20)16-4-3-15-11-8(14)5-7(13)6-17-11/h5-6H,2-4H2,1H3,(H,15,17)(H,16,20). The Morgan fingerprint density at radius 1 is 1.38 bits per heavy atom. The van der Waals surface area contributed by atoms with Gasteiger partial charge in [-0.25, -0.2) is 4.98 Å². The van der Waals surface area contributed by atoms with Crippen LogP contribution >= 0.6 is 34.7 Å². The van der Waals surface area contributed by atoms with E-state index in [1.54, 1.807) is 6.07 Å². The molecule has 0 fully saturated rings. The fourth-order valence-corrected chi connectivity index (χ4v) is 2.71. The molecule has 9 heteroatoms. The molecular weight excluding hydrogens is 333 g/mol. The first-order valence-corrected chi connectivity index (χ1v) is 7.79. The van der Waals surface area contributed by atoms with Crippen molar-refractivity contribution < 1.29 is 4.79 Å². The second kappa shape index (κ2) is 7.53. The number of anilines is 1. The molecule has 112 valence electrons. The van der Waals surface area contributed by atoms with Gasteiger partial charge in [-0.2, -0.15) is 0 Å². The first kappa shape index (κ1) is 15.9. The molecule has 2 aromatic heterocycles. The van der Waals surface area contributed by atoms with E-state index in [1.807, 2.05) is 6.92 Å². The number of pyridine rings is 1. The van der Waals surface area contributed by atoms with Crippen LogP contribution in [0.4, 0.5) is 5.82 Å². The van der Waals surface area contributed by atoms with Crippen molar-refractivity contribution in [1.82, 2.24) is 19.9 Å². The Morgan fingerprint density at radius 2 is 2.19 bits per heavy atom. The first-order valence-electron chi connectivity index (χ1n) is 6.26. The third kappa shape index (κ3) is 4.26. The van der Waals surface area contributed by atoms with E-state index in [0.717, 1.165) is 11.5 Å². The molecule has 0 aromatic carbocycles. The van der Waals surface area contributed by atoms with Gasteiger partial charge in [-0.15, -0.1) is 5.10 Å². The normalized spacial score (nSPS) is 10.4. The van der Waals surface area contributed by atoms with Crippen LogP contribution < -0.4 is 10.6 Å². The van der Waals surface area contributed by atoms with Crippen molar-refractivity contribution >= 4 is 46.5 Å². The molecule has 2 aromatic rings. The number of carbonyl (C=O) groups is 1. The molecule has 0 saturated heterocycles. The smallest absolute Gasteiger partial charge is 0.265 e. The number of halogens is 2. The lowest BCUT2D eigenvalue weighted by Gasteiger charge is -2.08. The van der Waals surface area contributed by atoms with Crippen LogP contribution in [0.2, 0.25) is 10.0 Å². The van der Waals surface area contributed by atoms with E-state index >= 15 is 0 Å². The molecule has 2 rings (SSSR count). The van der Waals surface area contributed by atoms with Crippen LogP contribution in [0.15, 0.2) is 12.3 Å². The van der Waals surface area contributed by atoms with Gasteiger partial charge in [0.25, 0.3) is 5.91 Å². The molecule has 0 aliphatic carbocycles. The van der Waals surface area contributed by atoms with Crippen molar-refractivity contribution in [2.24, 2.45) is 0 Å². The van der Waals surface area contributed by atoms with Crippen LogP contribution in [-0.2, 0) is 6.42 Å². The zero-order chi connectivity index (χ0) is 15.2. The van der Waals surface area contributed by atoms with E-state index in [1.165, 1.54) is 6.20 Å². The topological polar surface area (TPSA) is 79.8 Å². The molecule has 0 bridgehead atoms. The first-order chi connectivity index (χ1) is 10.1. The van der Waals surface area contributed by atoms with Crippen LogP contribution in [-0.4, -0.2) is 33.6 Å². The Bertz CT molecular complexity index is 634. The second-order valence-corrected chi connectivity index (χ2v) is 5.67. The highest BCUT2D eigenvalue weighted by Gasteiger charge is 2.14. The maximum absolute atomic E-state index is 11.9. The zero-order valence-electron chi connectivity index (χ0n) is 11.2. The van der Waals surface area contributed by atoms with Gasteiger partial charge in [0.1, 0.15) is 10.7 Å². The number of hydrogen-bond donors (Lipinski definition) is 2. The average molecular weight is 346 g/mol. The van der Waals surface area contributed by atoms with Gasteiger partial charge in [-0.1, -0.05) is 34.6 Å². The zero-order valence-corrected chi connectivity index (χ0v) is 13.5. The molecule has 2 N–H and O–H groups in total. The second-order valence-electron chi connectivity index (χ2n) is 4.07. The maximum Gasteiger partial charge on any atom is 0.265 e.